The molecule has 10 rings (SSSR count). The Morgan fingerprint density at radius 2 is 0.708 bits per heavy atom. The molecular formula is C75H82N4O15P2. The topological polar surface area (TPSA) is 202 Å². The van der Waals surface area contributed by atoms with Gasteiger partial charge in [0.05, 0.1) is 13.2 Å². The molecule has 0 fully saturated rings. The van der Waals surface area contributed by atoms with Gasteiger partial charge in [-0.25, -0.2) is 37.4 Å². The lowest BCUT2D eigenvalue weighted by molar-refractivity contribution is -0.170. The molecule has 96 heavy (non-hydrogen) atoms. The predicted molar refractivity (Wildman–Crippen MR) is 365 cm³/mol. The van der Waals surface area contributed by atoms with Crippen LogP contribution in [0.25, 0.3) is 0 Å². The fraction of sp³-hybridized carbons (Fsp3) is 0.267. The number of nitrogens with zero attached hydrogens (tertiary/aromatic N) is 4. The van der Waals surface area contributed by atoms with Gasteiger partial charge in [0, 0.05) is 6.42 Å². The second kappa shape index (κ2) is 32.6. The highest BCUT2D eigenvalue weighted by Crippen LogP contribution is 2.56. The van der Waals surface area contributed by atoms with Crippen molar-refractivity contribution in [1.82, 2.24) is 18.7 Å². The molecule has 21 heteroatoms. The van der Waals surface area contributed by atoms with E-state index in [4.69, 9.17) is 42.2 Å². The van der Waals surface area contributed by atoms with Crippen LogP contribution in [0.1, 0.15) is 57.9 Å². The van der Waals surface area contributed by atoms with Crippen molar-refractivity contribution in [1.29, 1.82) is 0 Å². The van der Waals surface area contributed by atoms with Crippen LogP contribution in [0.5, 0.6) is 0 Å². The zero-order chi connectivity index (χ0) is 68.5. The number of esters is 3. The number of benzene rings is 8. The average molecular weight is 1340 g/mol. The lowest BCUT2D eigenvalue weighted by atomic mass is 9.80. The maximum Gasteiger partial charge on any atom is 0.395 e. The van der Waals surface area contributed by atoms with Gasteiger partial charge in [-0.1, -0.05) is 250 Å². The van der Waals surface area contributed by atoms with Crippen LogP contribution < -0.4 is 0 Å². The van der Waals surface area contributed by atoms with E-state index in [0.29, 0.717) is 0 Å². The van der Waals surface area contributed by atoms with Crippen molar-refractivity contribution in [2.75, 3.05) is 69.6 Å². The van der Waals surface area contributed by atoms with Crippen LogP contribution in [-0.4, -0.2) is 136 Å². The number of hydrogen-bond acceptors (Lipinski definition) is 15. The van der Waals surface area contributed by atoms with Crippen molar-refractivity contribution >= 4 is 33.2 Å². The SMILES string of the molecule is CCC(=O)OC(COC(c1ccccc1)(c1ccccc1)c1ccccc1)C1OC(=O)C(OP(=O)(N(C)C)N(C)C)=C1OCc1ccccc1.CN(C)P(=O)(OC1=C(OCc2ccccc2)C(C(O)COC(c2ccccc2)(c2ccccc2)c2ccccc2)OC1=O)N(C)C. The highest BCUT2D eigenvalue weighted by molar-refractivity contribution is 7.54. The molecule has 0 bridgehead atoms. The van der Waals surface area contributed by atoms with Crippen LogP contribution >= 0.6 is 15.3 Å². The second-order valence-electron chi connectivity index (χ2n) is 23.3. The molecular weight excluding hydrogens is 1260 g/mol. The van der Waals surface area contributed by atoms with Crippen molar-refractivity contribution in [3.05, 3.63) is 310 Å². The quantitative estimate of drug-likeness (QED) is 0.0193. The minimum absolute atomic E-state index is 0.0295. The van der Waals surface area contributed by atoms with Crippen LogP contribution in [-0.2, 0) is 90.1 Å². The third-order valence-corrected chi connectivity index (χ3v) is 20.9. The van der Waals surface area contributed by atoms with E-state index in [1.54, 1.807) is 63.3 Å². The van der Waals surface area contributed by atoms with Crippen LogP contribution in [0.4, 0.5) is 0 Å². The van der Waals surface area contributed by atoms with Gasteiger partial charge in [-0.15, -0.1) is 0 Å². The summed E-state index contributed by atoms with van der Waals surface area (Å²) in [6.45, 7) is 1.26. The number of aliphatic hydroxyl groups excluding tert-OH is 1. The van der Waals surface area contributed by atoms with Crippen molar-refractivity contribution in [3.63, 3.8) is 0 Å². The maximum absolute atomic E-state index is 14.0. The first-order chi connectivity index (χ1) is 46.3. The van der Waals surface area contributed by atoms with E-state index >= 15 is 0 Å². The Bertz CT molecular complexity index is 3770. The zero-order valence-corrected chi connectivity index (χ0v) is 57.1. The standard InChI is InChI=1S/C39H43N2O8P.C36H39N2O7P/c1-6-34(42)47-33(28-46-39(30-21-13-8-14-22-30,31-23-15-9-16-24-31)32-25-17-10-18-26-32)35-36(45-27-29-19-11-7-12-20-29)37(38(43)48-35)49-50(44,40(2)3)41(4)5;1-37(2)46(41,38(3)4)45-34-33(42-25-27-17-9-5-10-18-27)32(44-35(34)40)31(39)26-43-36(28-19-11-6-12-20-28,29-21-13-7-14-22-29)30-23-15-8-16-24-30/h7-26,33,35H,6,27-28H2,1-5H3;5-24,31-32,39H,25-26H2,1-4H3. The Morgan fingerprint density at radius 3 is 1.00 bits per heavy atom. The summed E-state index contributed by atoms with van der Waals surface area (Å²) in [7, 11) is 5.24. The molecule has 0 aliphatic carbocycles. The molecule has 0 aromatic heterocycles. The summed E-state index contributed by atoms with van der Waals surface area (Å²) in [5.74, 6) is -3.16. The fourth-order valence-electron chi connectivity index (χ4n) is 11.1. The Balaban J connectivity index is 0.000000226. The van der Waals surface area contributed by atoms with Crippen LogP contribution in [0, 0.1) is 0 Å². The highest BCUT2D eigenvalue weighted by Gasteiger charge is 2.51. The molecule has 0 saturated heterocycles. The van der Waals surface area contributed by atoms with Crippen LogP contribution in [0.3, 0.4) is 0 Å². The third-order valence-electron chi connectivity index (χ3n) is 16.0. The molecule has 0 spiro atoms. The molecule has 8 aromatic rings. The molecule has 1 N–H and O–H groups in total. The minimum atomic E-state index is -3.75. The van der Waals surface area contributed by atoms with E-state index in [1.165, 1.54) is 18.7 Å². The van der Waals surface area contributed by atoms with E-state index in [9.17, 15) is 28.6 Å². The molecule has 8 aromatic carbocycles. The van der Waals surface area contributed by atoms with Gasteiger partial charge in [0.25, 0.3) is 11.5 Å². The lowest BCUT2D eigenvalue weighted by Crippen LogP contribution is -2.42. The molecule has 19 nitrogen and oxygen atoms in total. The molecule has 502 valence electrons. The molecule has 2 heterocycles. The average Bonchev–Trinajstić information content (AvgIpc) is 1.17. The monoisotopic (exact) mass is 1340 g/mol. The van der Waals surface area contributed by atoms with Gasteiger partial charge in [0.1, 0.15) is 30.5 Å². The maximum atomic E-state index is 14.0. The van der Waals surface area contributed by atoms with Crippen molar-refractivity contribution in [2.45, 2.75) is 62.2 Å². The number of carbonyl (C=O) groups is 3. The molecule has 4 atom stereocenters. The molecule has 0 amide bonds. The Kier molecular flexibility index (Phi) is 24.3. The number of ether oxygens (including phenoxy) is 7. The first-order valence-corrected chi connectivity index (χ1v) is 34.4. The molecule has 2 aliphatic heterocycles. The van der Waals surface area contributed by atoms with E-state index in [0.717, 1.165) is 44.5 Å². The first kappa shape index (κ1) is 71.3. The Labute approximate surface area is 562 Å². The summed E-state index contributed by atoms with van der Waals surface area (Å²) in [4.78, 5) is 39.9. The van der Waals surface area contributed by atoms with E-state index in [-0.39, 0.29) is 55.9 Å². The Hall–Kier alpha value is -8.97. The van der Waals surface area contributed by atoms with E-state index in [2.05, 4.69) is 0 Å². The van der Waals surface area contributed by atoms with Gasteiger partial charge in [0.15, 0.2) is 23.7 Å². The van der Waals surface area contributed by atoms with E-state index in [1.807, 2.05) is 243 Å². The number of carbonyl (C=O) groups excluding carboxylic acids is 3. The van der Waals surface area contributed by atoms with Crippen molar-refractivity contribution in [3.8, 4) is 0 Å². The fourth-order valence-corrected chi connectivity index (χ4v) is 14.0. The molecule has 0 radical (unpaired) electrons. The molecule has 4 unspecified atom stereocenters. The van der Waals surface area contributed by atoms with Gasteiger partial charge in [0.2, 0.25) is 6.10 Å². The van der Waals surface area contributed by atoms with Crippen LogP contribution in [0.2, 0.25) is 0 Å². The second-order valence-corrected chi connectivity index (χ2v) is 28.8. The van der Waals surface area contributed by atoms with Crippen molar-refractivity contribution in [2.24, 2.45) is 0 Å². The molecule has 0 saturated carbocycles. The third kappa shape index (κ3) is 16.1. The summed E-state index contributed by atoms with van der Waals surface area (Å²) >= 11 is 0. The van der Waals surface area contributed by atoms with Crippen LogP contribution in [0.15, 0.2) is 266 Å². The number of rotatable bonds is 30. The smallest absolute Gasteiger partial charge is 0.395 e. The molecule has 2 aliphatic rings. The summed E-state index contributed by atoms with van der Waals surface area (Å²) in [5.41, 5.74) is 4.38. The summed E-state index contributed by atoms with van der Waals surface area (Å²) in [6.07, 6.45) is -5.09. The number of cyclic esters (lactones) is 2. The summed E-state index contributed by atoms with van der Waals surface area (Å²) in [6, 6.07) is 77.2. The van der Waals surface area contributed by atoms with Gasteiger partial charge >= 0.3 is 33.2 Å². The normalized spacial score (nSPS) is 15.8. The first-order valence-electron chi connectivity index (χ1n) is 31.3. The van der Waals surface area contributed by atoms with E-state index < -0.39 is 68.9 Å². The van der Waals surface area contributed by atoms with Gasteiger partial charge < -0.3 is 47.3 Å². The summed E-state index contributed by atoms with van der Waals surface area (Å²) < 4.78 is 89.0. The number of aliphatic hydroxyl groups is 1. The number of hydrogen-bond donors (Lipinski definition) is 1. The van der Waals surface area contributed by atoms with Crippen molar-refractivity contribution < 1.29 is 70.8 Å². The van der Waals surface area contributed by atoms with Gasteiger partial charge in [-0.3, -0.25) is 4.79 Å². The van der Waals surface area contributed by atoms with Gasteiger partial charge in [-0.05, 0) is 101 Å². The van der Waals surface area contributed by atoms with Gasteiger partial charge in [-0.2, -0.15) is 0 Å². The lowest BCUT2D eigenvalue weighted by Gasteiger charge is -2.37. The minimum Gasteiger partial charge on any atom is -0.485 e. The largest absolute Gasteiger partial charge is 0.485 e. The predicted octanol–water partition coefficient (Wildman–Crippen LogP) is 12.9. The zero-order valence-electron chi connectivity index (χ0n) is 55.3. The Morgan fingerprint density at radius 1 is 0.438 bits per heavy atom. The summed E-state index contributed by atoms with van der Waals surface area (Å²) in [5, 5.41) is 11.7. The highest BCUT2D eigenvalue weighted by atomic mass is 31.2.